The molecule has 2 aromatic heterocycles. The van der Waals surface area contributed by atoms with Crippen LogP contribution in [0.4, 0.5) is 0 Å². The third-order valence-corrected chi connectivity index (χ3v) is 4.91. The van der Waals surface area contributed by atoms with Crippen molar-refractivity contribution in [3.63, 3.8) is 0 Å². The van der Waals surface area contributed by atoms with Gasteiger partial charge in [-0.3, -0.25) is 4.79 Å². The Labute approximate surface area is 180 Å². The van der Waals surface area contributed by atoms with E-state index in [2.05, 4.69) is 10.2 Å². The largest absolute Gasteiger partial charge is 0.507 e. The van der Waals surface area contributed by atoms with Gasteiger partial charge in [0.15, 0.2) is 5.82 Å². The molecule has 1 amide bonds. The summed E-state index contributed by atoms with van der Waals surface area (Å²) in [5, 5.41) is 27.5. The van der Waals surface area contributed by atoms with E-state index in [0.717, 1.165) is 6.07 Å². The molecule has 0 aliphatic carbocycles. The van der Waals surface area contributed by atoms with Gasteiger partial charge in [0.25, 0.3) is 5.91 Å². The number of carbonyl (C=O) groups excluding carboxylic acids is 1. The van der Waals surface area contributed by atoms with Crippen molar-refractivity contribution >= 4 is 17.5 Å². The van der Waals surface area contributed by atoms with E-state index in [0.29, 0.717) is 16.5 Å². The Bertz CT molecular complexity index is 1290. The normalized spacial score (nSPS) is 10.9. The molecule has 3 N–H and O–H groups in total. The van der Waals surface area contributed by atoms with Gasteiger partial charge in [0.1, 0.15) is 17.3 Å². The van der Waals surface area contributed by atoms with Crippen molar-refractivity contribution in [2.75, 3.05) is 7.05 Å². The van der Waals surface area contributed by atoms with Crippen LogP contribution in [0.3, 0.4) is 0 Å². The Hall–Kier alpha value is -3.98. The summed E-state index contributed by atoms with van der Waals surface area (Å²) in [6.07, 6.45) is 1.50. The fourth-order valence-corrected chi connectivity index (χ4v) is 3.27. The lowest BCUT2D eigenvalue weighted by Gasteiger charge is -2.17. The molecular formula is C21H17ClN4O5. The molecule has 158 valence electrons. The third-order valence-electron chi connectivity index (χ3n) is 4.66. The topological polar surface area (TPSA) is 125 Å². The van der Waals surface area contributed by atoms with Crippen LogP contribution in [0.2, 0.25) is 5.02 Å². The number of amides is 1. The second-order valence-electron chi connectivity index (χ2n) is 6.79. The number of halogens is 1. The van der Waals surface area contributed by atoms with Crippen LogP contribution in [0.1, 0.15) is 16.1 Å². The Kier molecular flexibility index (Phi) is 5.26. The molecule has 0 aliphatic rings. The summed E-state index contributed by atoms with van der Waals surface area (Å²) in [4.78, 5) is 26.6. The van der Waals surface area contributed by atoms with Gasteiger partial charge in [-0.1, -0.05) is 11.6 Å². The minimum absolute atomic E-state index is 0.0626. The summed E-state index contributed by atoms with van der Waals surface area (Å²) in [5.41, 5.74) is -0.0816. The van der Waals surface area contributed by atoms with E-state index in [1.54, 1.807) is 43.4 Å². The number of hydrogen-bond donors (Lipinski definition) is 3. The number of nitrogens with zero attached hydrogens (tertiary/aromatic N) is 3. The van der Waals surface area contributed by atoms with Gasteiger partial charge in [0, 0.05) is 18.1 Å². The standard InChI is InChI=1S/C21H17ClN4O5/c1-25(11-14-3-2-8-31-14)20(29)16-9-15(17(27)10-18(16)28)19-23-24-21(30)26(19)13-6-4-12(22)5-7-13/h2-10,27-28H,11H2,1H3,(H,24,30). The maximum atomic E-state index is 12.9. The number of rotatable bonds is 5. The number of hydrogen-bond acceptors (Lipinski definition) is 6. The summed E-state index contributed by atoms with van der Waals surface area (Å²) < 4.78 is 6.48. The van der Waals surface area contributed by atoms with Gasteiger partial charge in [0.05, 0.1) is 29.6 Å². The molecule has 0 fully saturated rings. The molecule has 4 rings (SSSR count). The van der Waals surface area contributed by atoms with Crippen molar-refractivity contribution in [2.24, 2.45) is 0 Å². The molecule has 0 saturated carbocycles. The number of carbonyl (C=O) groups is 1. The molecule has 0 unspecified atom stereocenters. The zero-order chi connectivity index (χ0) is 22.1. The SMILES string of the molecule is CN(Cc1ccco1)C(=O)c1cc(-c2n[nH]c(=O)n2-c2ccc(Cl)cc2)c(O)cc1O. The van der Waals surface area contributed by atoms with Crippen molar-refractivity contribution in [1.82, 2.24) is 19.7 Å². The monoisotopic (exact) mass is 440 g/mol. The van der Waals surface area contributed by atoms with Crippen LogP contribution in [-0.2, 0) is 6.54 Å². The summed E-state index contributed by atoms with van der Waals surface area (Å²) in [5.74, 6) is -0.637. The molecule has 10 heteroatoms. The summed E-state index contributed by atoms with van der Waals surface area (Å²) in [6, 6.07) is 12.2. The van der Waals surface area contributed by atoms with Crippen LogP contribution in [0.15, 0.2) is 64.0 Å². The molecule has 0 saturated heterocycles. The smallest absolute Gasteiger partial charge is 0.348 e. The van der Waals surface area contributed by atoms with E-state index in [1.807, 2.05) is 0 Å². The summed E-state index contributed by atoms with van der Waals surface area (Å²) >= 11 is 5.92. The third kappa shape index (κ3) is 3.90. The van der Waals surface area contributed by atoms with Crippen LogP contribution < -0.4 is 5.69 Å². The molecule has 4 aromatic rings. The van der Waals surface area contributed by atoms with E-state index in [9.17, 15) is 19.8 Å². The lowest BCUT2D eigenvalue weighted by atomic mass is 10.1. The number of nitrogens with one attached hydrogen (secondary N) is 1. The average Bonchev–Trinajstić information content (AvgIpc) is 3.38. The first kappa shape index (κ1) is 20.3. The highest BCUT2D eigenvalue weighted by molar-refractivity contribution is 6.30. The van der Waals surface area contributed by atoms with Gasteiger partial charge in [-0.25, -0.2) is 14.5 Å². The molecule has 0 radical (unpaired) electrons. The Morgan fingerprint density at radius 2 is 1.94 bits per heavy atom. The first-order valence-electron chi connectivity index (χ1n) is 9.12. The molecule has 0 atom stereocenters. The number of phenolic OH excluding ortho intramolecular Hbond substituents is 2. The van der Waals surface area contributed by atoms with Crippen LogP contribution in [0, 0.1) is 0 Å². The van der Waals surface area contributed by atoms with Crippen LogP contribution in [0.5, 0.6) is 11.5 Å². The highest BCUT2D eigenvalue weighted by Crippen LogP contribution is 2.35. The molecule has 2 heterocycles. The Morgan fingerprint density at radius 3 is 2.61 bits per heavy atom. The molecule has 31 heavy (non-hydrogen) atoms. The first-order chi connectivity index (χ1) is 14.8. The maximum absolute atomic E-state index is 12.9. The number of H-pyrrole nitrogens is 1. The predicted molar refractivity (Wildman–Crippen MR) is 112 cm³/mol. The number of benzene rings is 2. The van der Waals surface area contributed by atoms with Gasteiger partial charge in [0.2, 0.25) is 0 Å². The fraction of sp³-hybridized carbons (Fsp3) is 0.0952. The first-order valence-corrected chi connectivity index (χ1v) is 9.50. The molecular weight excluding hydrogens is 424 g/mol. The van der Waals surface area contributed by atoms with E-state index >= 15 is 0 Å². The highest BCUT2D eigenvalue weighted by Gasteiger charge is 2.23. The quantitative estimate of drug-likeness (QED) is 0.438. The van der Waals surface area contributed by atoms with Gasteiger partial charge < -0.3 is 19.5 Å². The Morgan fingerprint density at radius 1 is 1.19 bits per heavy atom. The average molecular weight is 441 g/mol. The van der Waals surface area contributed by atoms with E-state index in [1.165, 1.54) is 21.8 Å². The van der Waals surface area contributed by atoms with Crippen LogP contribution in [0.25, 0.3) is 17.1 Å². The van der Waals surface area contributed by atoms with Crippen molar-refractivity contribution < 1.29 is 19.4 Å². The lowest BCUT2D eigenvalue weighted by Crippen LogP contribution is -2.26. The van der Waals surface area contributed by atoms with Crippen molar-refractivity contribution in [1.29, 1.82) is 0 Å². The lowest BCUT2D eigenvalue weighted by molar-refractivity contribution is 0.0772. The van der Waals surface area contributed by atoms with E-state index < -0.39 is 17.3 Å². The van der Waals surface area contributed by atoms with Gasteiger partial charge in [-0.05, 0) is 42.5 Å². The second kappa shape index (κ2) is 8.04. The van der Waals surface area contributed by atoms with Gasteiger partial charge >= 0.3 is 5.69 Å². The molecule has 9 nitrogen and oxygen atoms in total. The number of phenols is 2. The van der Waals surface area contributed by atoms with Gasteiger partial charge in [-0.2, -0.15) is 5.10 Å². The summed E-state index contributed by atoms with van der Waals surface area (Å²) in [7, 11) is 1.55. The second-order valence-corrected chi connectivity index (χ2v) is 7.23. The number of aromatic nitrogens is 3. The number of furan rings is 1. The fourth-order valence-electron chi connectivity index (χ4n) is 3.15. The molecule has 2 aromatic carbocycles. The summed E-state index contributed by atoms with van der Waals surface area (Å²) in [6.45, 7) is 0.180. The molecule has 0 aliphatic heterocycles. The van der Waals surface area contributed by atoms with Crippen molar-refractivity contribution in [3.05, 3.63) is 81.6 Å². The van der Waals surface area contributed by atoms with Crippen molar-refractivity contribution in [2.45, 2.75) is 6.54 Å². The molecule has 0 bridgehead atoms. The minimum atomic E-state index is -0.549. The number of aromatic amines is 1. The van der Waals surface area contributed by atoms with Crippen molar-refractivity contribution in [3.8, 4) is 28.6 Å². The predicted octanol–water partition coefficient (Wildman–Crippen LogP) is 3.16. The van der Waals surface area contributed by atoms with E-state index in [-0.39, 0.29) is 29.2 Å². The minimum Gasteiger partial charge on any atom is -0.507 e. The zero-order valence-corrected chi connectivity index (χ0v) is 17.0. The van der Waals surface area contributed by atoms with Crippen LogP contribution in [-0.4, -0.2) is 42.8 Å². The van der Waals surface area contributed by atoms with Crippen LogP contribution >= 0.6 is 11.6 Å². The Balaban J connectivity index is 1.77. The van der Waals surface area contributed by atoms with Gasteiger partial charge in [-0.15, -0.1) is 0 Å². The highest BCUT2D eigenvalue weighted by atomic mass is 35.5. The number of aromatic hydroxyl groups is 2. The molecule has 0 spiro atoms. The zero-order valence-electron chi connectivity index (χ0n) is 16.2. The van der Waals surface area contributed by atoms with E-state index in [4.69, 9.17) is 16.0 Å². The maximum Gasteiger partial charge on any atom is 0.348 e.